The van der Waals surface area contributed by atoms with Gasteiger partial charge in [0.05, 0.1) is 11.4 Å². The van der Waals surface area contributed by atoms with E-state index in [2.05, 4.69) is 19.1 Å². The van der Waals surface area contributed by atoms with Gasteiger partial charge in [0.15, 0.2) is 0 Å². The Morgan fingerprint density at radius 2 is 2.04 bits per heavy atom. The van der Waals surface area contributed by atoms with E-state index in [4.69, 9.17) is 4.18 Å². The Kier molecular flexibility index (Phi) is 4.51. The van der Waals surface area contributed by atoms with Crippen molar-refractivity contribution < 1.29 is 17.7 Å². The number of fused-ring (bicyclic) bond motifs is 5. The number of aryl methyl sites for hydroxylation is 1. The van der Waals surface area contributed by atoms with Gasteiger partial charge in [-0.15, -0.1) is 0 Å². The van der Waals surface area contributed by atoms with E-state index < -0.39 is 15.4 Å². The van der Waals surface area contributed by atoms with Crippen LogP contribution < -0.4 is 4.18 Å². The SMILES string of the molecule is CCC(C)S(=O)(=O)Oc1ccc2c3c(ccc2c1)[C@@H]1CC[C@@H](O)[C@@]1(C)CC3. The number of hydrogen-bond donors (Lipinski definition) is 1. The molecule has 4 atom stereocenters. The molecule has 2 aromatic rings. The van der Waals surface area contributed by atoms with Crippen molar-refractivity contribution in [1.29, 1.82) is 0 Å². The lowest BCUT2D eigenvalue weighted by atomic mass is 9.65. The fourth-order valence-electron chi connectivity index (χ4n) is 4.93. The van der Waals surface area contributed by atoms with Crippen LogP contribution in [0.5, 0.6) is 5.75 Å². The molecule has 0 radical (unpaired) electrons. The minimum atomic E-state index is -3.60. The maximum atomic E-state index is 12.2. The molecule has 27 heavy (non-hydrogen) atoms. The molecular formula is C22H28O4S. The smallest absolute Gasteiger partial charge is 0.311 e. The first-order chi connectivity index (χ1) is 12.8. The third-order valence-electron chi connectivity index (χ3n) is 6.99. The van der Waals surface area contributed by atoms with Crippen molar-refractivity contribution in [2.45, 2.75) is 70.1 Å². The summed E-state index contributed by atoms with van der Waals surface area (Å²) in [5, 5.41) is 12.1. The third-order valence-corrected chi connectivity index (χ3v) is 8.74. The lowest BCUT2D eigenvalue weighted by molar-refractivity contribution is 0.0459. The second-order valence-electron chi connectivity index (χ2n) is 8.46. The van der Waals surface area contributed by atoms with Gasteiger partial charge in [0.1, 0.15) is 5.75 Å². The summed E-state index contributed by atoms with van der Waals surface area (Å²) in [7, 11) is -3.60. The van der Waals surface area contributed by atoms with Gasteiger partial charge in [-0.25, -0.2) is 0 Å². The third kappa shape index (κ3) is 2.95. The molecule has 2 aliphatic carbocycles. The summed E-state index contributed by atoms with van der Waals surface area (Å²) in [6.07, 6.45) is 4.15. The van der Waals surface area contributed by atoms with Crippen LogP contribution in [-0.4, -0.2) is 24.9 Å². The lowest BCUT2D eigenvalue weighted by Gasteiger charge is -2.40. The van der Waals surface area contributed by atoms with Gasteiger partial charge in [0.25, 0.3) is 0 Å². The maximum absolute atomic E-state index is 12.2. The topological polar surface area (TPSA) is 63.6 Å². The van der Waals surface area contributed by atoms with E-state index in [1.165, 1.54) is 16.5 Å². The molecule has 0 spiro atoms. The van der Waals surface area contributed by atoms with E-state index in [9.17, 15) is 13.5 Å². The Bertz CT molecular complexity index is 981. The van der Waals surface area contributed by atoms with E-state index >= 15 is 0 Å². The molecule has 0 bridgehead atoms. The van der Waals surface area contributed by atoms with Crippen molar-refractivity contribution >= 4 is 20.9 Å². The Morgan fingerprint density at radius 3 is 2.78 bits per heavy atom. The van der Waals surface area contributed by atoms with E-state index in [0.29, 0.717) is 18.1 Å². The summed E-state index contributed by atoms with van der Waals surface area (Å²) < 4.78 is 29.8. The molecule has 0 aliphatic heterocycles. The van der Waals surface area contributed by atoms with Crippen molar-refractivity contribution in [3.8, 4) is 5.75 Å². The maximum Gasteiger partial charge on any atom is 0.311 e. The zero-order chi connectivity index (χ0) is 19.4. The highest BCUT2D eigenvalue weighted by molar-refractivity contribution is 7.87. The summed E-state index contributed by atoms with van der Waals surface area (Å²) in [5.74, 6) is 0.780. The number of benzene rings is 2. The summed E-state index contributed by atoms with van der Waals surface area (Å²) in [6.45, 7) is 5.73. The van der Waals surface area contributed by atoms with Crippen molar-refractivity contribution in [2.75, 3.05) is 0 Å². The van der Waals surface area contributed by atoms with Crippen LogP contribution in [0, 0.1) is 5.41 Å². The molecule has 1 fully saturated rings. The number of aliphatic hydroxyl groups is 1. The van der Waals surface area contributed by atoms with Crippen molar-refractivity contribution in [3.05, 3.63) is 41.5 Å². The average molecular weight is 389 g/mol. The van der Waals surface area contributed by atoms with Gasteiger partial charge in [-0.05, 0) is 79.0 Å². The number of hydrogen-bond acceptors (Lipinski definition) is 4. The Morgan fingerprint density at radius 1 is 1.26 bits per heavy atom. The predicted octanol–water partition coefficient (Wildman–Crippen LogP) is 4.54. The first-order valence-electron chi connectivity index (χ1n) is 9.93. The van der Waals surface area contributed by atoms with Crippen LogP contribution in [0.4, 0.5) is 0 Å². The first-order valence-corrected chi connectivity index (χ1v) is 11.4. The summed E-state index contributed by atoms with van der Waals surface area (Å²) in [6, 6.07) is 9.81. The van der Waals surface area contributed by atoms with Gasteiger partial charge in [-0.3, -0.25) is 0 Å². The van der Waals surface area contributed by atoms with Crippen molar-refractivity contribution in [2.24, 2.45) is 5.41 Å². The monoisotopic (exact) mass is 388 g/mol. The minimum Gasteiger partial charge on any atom is -0.393 e. The fourth-order valence-corrected chi connectivity index (χ4v) is 5.87. The van der Waals surface area contributed by atoms with Crippen LogP contribution in [0.1, 0.15) is 63.5 Å². The molecule has 2 aliphatic rings. The zero-order valence-corrected chi connectivity index (χ0v) is 17.1. The van der Waals surface area contributed by atoms with Gasteiger partial charge >= 0.3 is 10.1 Å². The molecule has 0 amide bonds. The van der Waals surface area contributed by atoms with E-state index in [-0.39, 0.29) is 11.5 Å². The molecule has 2 aromatic carbocycles. The van der Waals surface area contributed by atoms with Gasteiger partial charge < -0.3 is 9.29 Å². The van der Waals surface area contributed by atoms with Crippen LogP contribution in [0.25, 0.3) is 10.8 Å². The number of rotatable bonds is 4. The predicted molar refractivity (Wildman–Crippen MR) is 108 cm³/mol. The van der Waals surface area contributed by atoms with Gasteiger partial charge in [-0.1, -0.05) is 32.0 Å². The first kappa shape index (κ1) is 18.8. The number of aliphatic hydroxyl groups excluding tert-OH is 1. The molecule has 4 rings (SSSR count). The minimum absolute atomic E-state index is 0.0197. The fraction of sp³-hybridized carbons (Fsp3) is 0.545. The lowest BCUT2D eigenvalue weighted by Crippen LogP contribution is -2.35. The molecule has 1 N–H and O–H groups in total. The van der Waals surface area contributed by atoms with Gasteiger partial charge in [-0.2, -0.15) is 8.42 Å². The molecule has 4 nitrogen and oxygen atoms in total. The Labute approximate surface area is 161 Å². The normalized spacial score (nSPS) is 28.6. The Hall–Kier alpha value is -1.59. The standard InChI is InChI=1S/C22H28O4S/c1-4-14(2)27(24,25)26-16-6-8-17-15(13-16)5-7-19-18(17)11-12-22(3)20(19)9-10-21(22)23/h5-8,13-14,20-21,23H,4,9-12H2,1-3H3/t14?,20-,21+,22-/m0/s1. The van der Waals surface area contributed by atoms with Crippen molar-refractivity contribution in [3.63, 3.8) is 0 Å². The Balaban J connectivity index is 1.72. The van der Waals surface area contributed by atoms with E-state index in [1.807, 2.05) is 19.1 Å². The second-order valence-corrected chi connectivity index (χ2v) is 10.4. The molecule has 0 heterocycles. The zero-order valence-electron chi connectivity index (χ0n) is 16.2. The van der Waals surface area contributed by atoms with Gasteiger partial charge in [0.2, 0.25) is 0 Å². The molecule has 0 saturated heterocycles. The van der Waals surface area contributed by atoms with E-state index in [0.717, 1.165) is 31.1 Å². The highest BCUT2D eigenvalue weighted by Gasteiger charge is 2.49. The summed E-state index contributed by atoms with van der Waals surface area (Å²) >= 11 is 0. The van der Waals surface area contributed by atoms with Crippen LogP contribution >= 0.6 is 0 Å². The summed E-state index contributed by atoms with van der Waals surface area (Å²) in [4.78, 5) is 0. The average Bonchev–Trinajstić information content (AvgIpc) is 2.95. The quantitative estimate of drug-likeness (QED) is 0.781. The second kappa shape index (κ2) is 6.49. The van der Waals surface area contributed by atoms with Gasteiger partial charge in [0, 0.05) is 5.41 Å². The molecule has 146 valence electrons. The van der Waals surface area contributed by atoms with Crippen LogP contribution in [0.15, 0.2) is 30.3 Å². The largest absolute Gasteiger partial charge is 0.393 e. The van der Waals surface area contributed by atoms with Crippen molar-refractivity contribution in [1.82, 2.24) is 0 Å². The molecule has 1 unspecified atom stereocenters. The summed E-state index contributed by atoms with van der Waals surface area (Å²) in [5.41, 5.74) is 2.68. The molecule has 5 heteroatoms. The van der Waals surface area contributed by atoms with Crippen LogP contribution in [0.2, 0.25) is 0 Å². The van der Waals surface area contributed by atoms with Crippen LogP contribution in [-0.2, 0) is 16.5 Å². The molecule has 1 saturated carbocycles. The van der Waals surface area contributed by atoms with E-state index in [1.54, 1.807) is 13.0 Å². The highest BCUT2D eigenvalue weighted by atomic mass is 32.2. The molecule has 0 aromatic heterocycles. The molecular weight excluding hydrogens is 360 g/mol. The van der Waals surface area contributed by atoms with Crippen LogP contribution in [0.3, 0.4) is 0 Å². The highest BCUT2D eigenvalue weighted by Crippen LogP contribution is 2.56.